The highest BCUT2D eigenvalue weighted by Gasteiger charge is 2.15. The summed E-state index contributed by atoms with van der Waals surface area (Å²) in [5.41, 5.74) is 7.05. The molecule has 35 heavy (non-hydrogen) atoms. The summed E-state index contributed by atoms with van der Waals surface area (Å²) in [4.78, 5) is 13.4. The third-order valence-corrected chi connectivity index (χ3v) is 5.62. The first-order valence-electron chi connectivity index (χ1n) is 11.1. The van der Waals surface area contributed by atoms with E-state index in [-0.39, 0.29) is 0 Å². The number of imidazole rings is 1. The second kappa shape index (κ2) is 9.23. The first-order chi connectivity index (χ1) is 17.1. The van der Waals surface area contributed by atoms with Crippen molar-refractivity contribution in [2.24, 2.45) is 0 Å². The summed E-state index contributed by atoms with van der Waals surface area (Å²) < 4.78 is 13.0. The third kappa shape index (κ3) is 4.15. The summed E-state index contributed by atoms with van der Waals surface area (Å²) in [6.07, 6.45) is 3.46. The van der Waals surface area contributed by atoms with Crippen LogP contribution in [0.15, 0.2) is 67.0 Å². The van der Waals surface area contributed by atoms with Gasteiger partial charge in [0.25, 0.3) is 0 Å². The number of nitriles is 1. The standard InChI is InChI=1S/C27H22N6O2/c1-4-35-24-11-7-18(13-25(24)34-3)23-10-12-26-31-17(2)27(33(26)32-23)20-6-9-22(30-16-20)19-5-8-21(14-28)29-15-19/h5-13,15-16H,4H2,1-3H3. The molecular weight excluding hydrogens is 440 g/mol. The smallest absolute Gasteiger partial charge is 0.161 e. The van der Waals surface area contributed by atoms with Crippen molar-refractivity contribution in [1.29, 1.82) is 5.26 Å². The van der Waals surface area contributed by atoms with Gasteiger partial charge in [0.05, 0.1) is 36.5 Å². The molecule has 0 saturated heterocycles. The van der Waals surface area contributed by atoms with Gasteiger partial charge in [-0.05, 0) is 68.4 Å². The van der Waals surface area contributed by atoms with E-state index in [1.165, 1.54) is 0 Å². The Hall–Kier alpha value is -4.77. The monoisotopic (exact) mass is 462 g/mol. The molecular formula is C27H22N6O2. The Bertz CT molecular complexity index is 1550. The van der Waals surface area contributed by atoms with Crippen LogP contribution in [0.4, 0.5) is 0 Å². The Kier molecular flexibility index (Phi) is 5.81. The Balaban J connectivity index is 1.53. The van der Waals surface area contributed by atoms with E-state index in [1.807, 2.05) is 73.0 Å². The fraction of sp³-hybridized carbons (Fsp3) is 0.148. The van der Waals surface area contributed by atoms with Gasteiger partial charge in [-0.15, -0.1) is 0 Å². The van der Waals surface area contributed by atoms with E-state index in [2.05, 4.69) is 15.0 Å². The number of hydrogen-bond acceptors (Lipinski definition) is 7. The van der Waals surface area contributed by atoms with Crippen molar-refractivity contribution >= 4 is 5.65 Å². The van der Waals surface area contributed by atoms with Crippen LogP contribution in [-0.2, 0) is 0 Å². The van der Waals surface area contributed by atoms with Crippen molar-refractivity contribution in [2.75, 3.05) is 13.7 Å². The number of benzene rings is 1. The predicted molar refractivity (Wildman–Crippen MR) is 132 cm³/mol. The van der Waals surface area contributed by atoms with Crippen LogP contribution in [0.5, 0.6) is 11.5 Å². The first kappa shape index (κ1) is 22.0. The summed E-state index contributed by atoms with van der Waals surface area (Å²) in [5, 5.41) is 13.8. The van der Waals surface area contributed by atoms with Gasteiger partial charge in [-0.25, -0.2) is 14.5 Å². The zero-order chi connectivity index (χ0) is 24.4. The molecule has 0 amide bonds. The maximum Gasteiger partial charge on any atom is 0.161 e. The summed E-state index contributed by atoms with van der Waals surface area (Å²) in [6, 6.07) is 19.1. The number of pyridine rings is 2. The predicted octanol–water partition coefficient (Wildman–Crippen LogP) is 5.11. The van der Waals surface area contributed by atoms with Crippen molar-refractivity contribution < 1.29 is 9.47 Å². The van der Waals surface area contributed by atoms with Gasteiger partial charge in [0.15, 0.2) is 17.1 Å². The lowest BCUT2D eigenvalue weighted by Crippen LogP contribution is -1.99. The molecule has 4 aromatic heterocycles. The minimum Gasteiger partial charge on any atom is -0.493 e. The highest BCUT2D eigenvalue weighted by Crippen LogP contribution is 2.33. The largest absolute Gasteiger partial charge is 0.493 e. The topological polar surface area (TPSA) is 98.2 Å². The highest BCUT2D eigenvalue weighted by molar-refractivity contribution is 5.70. The molecule has 0 aliphatic heterocycles. The summed E-state index contributed by atoms with van der Waals surface area (Å²) >= 11 is 0. The first-order valence-corrected chi connectivity index (χ1v) is 11.1. The average molecular weight is 463 g/mol. The van der Waals surface area contributed by atoms with E-state index < -0.39 is 0 Å². The van der Waals surface area contributed by atoms with Crippen LogP contribution < -0.4 is 9.47 Å². The van der Waals surface area contributed by atoms with Gasteiger partial charge in [-0.1, -0.05) is 0 Å². The molecule has 4 heterocycles. The van der Waals surface area contributed by atoms with Gasteiger partial charge in [0.1, 0.15) is 11.8 Å². The molecule has 8 heteroatoms. The Morgan fingerprint density at radius 3 is 2.34 bits per heavy atom. The van der Waals surface area contributed by atoms with Gasteiger partial charge < -0.3 is 9.47 Å². The van der Waals surface area contributed by atoms with E-state index in [4.69, 9.17) is 19.8 Å². The van der Waals surface area contributed by atoms with Gasteiger partial charge >= 0.3 is 0 Å². The fourth-order valence-corrected chi connectivity index (χ4v) is 3.95. The summed E-state index contributed by atoms with van der Waals surface area (Å²) in [6.45, 7) is 4.46. The molecule has 8 nitrogen and oxygen atoms in total. The second-order valence-electron chi connectivity index (χ2n) is 7.81. The van der Waals surface area contributed by atoms with Crippen molar-refractivity contribution in [1.82, 2.24) is 24.6 Å². The van der Waals surface area contributed by atoms with Crippen LogP contribution in [0.1, 0.15) is 18.3 Å². The number of aromatic nitrogens is 5. The van der Waals surface area contributed by atoms with Crippen LogP contribution in [0.2, 0.25) is 0 Å². The van der Waals surface area contributed by atoms with Crippen LogP contribution in [0, 0.1) is 18.3 Å². The Labute approximate surface area is 202 Å². The number of methoxy groups -OCH3 is 1. The minimum absolute atomic E-state index is 0.374. The zero-order valence-corrected chi connectivity index (χ0v) is 19.6. The van der Waals surface area contributed by atoms with E-state index >= 15 is 0 Å². The number of ether oxygens (including phenoxy) is 2. The maximum atomic E-state index is 8.95. The molecule has 1 aromatic carbocycles. The van der Waals surface area contributed by atoms with E-state index in [9.17, 15) is 0 Å². The van der Waals surface area contributed by atoms with Crippen LogP contribution in [-0.4, -0.2) is 38.3 Å². The Morgan fingerprint density at radius 1 is 0.886 bits per heavy atom. The molecule has 0 unspecified atom stereocenters. The van der Waals surface area contributed by atoms with Crippen LogP contribution >= 0.6 is 0 Å². The molecule has 0 N–H and O–H groups in total. The Morgan fingerprint density at radius 2 is 1.66 bits per heavy atom. The molecule has 0 atom stereocenters. The summed E-state index contributed by atoms with van der Waals surface area (Å²) in [7, 11) is 1.63. The van der Waals surface area contributed by atoms with E-state index in [0.717, 1.165) is 45.1 Å². The van der Waals surface area contributed by atoms with Crippen LogP contribution in [0.3, 0.4) is 0 Å². The van der Waals surface area contributed by atoms with Crippen molar-refractivity contribution in [3.8, 4) is 51.3 Å². The van der Waals surface area contributed by atoms with Crippen LogP contribution in [0.25, 0.3) is 39.4 Å². The number of rotatable bonds is 6. The molecule has 0 aliphatic rings. The minimum atomic E-state index is 0.374. The molecule has 0 radical (unpaired) electrons. The zero-order valence-electron chi connectivity index (χ0n) is 19.6. The van der Waals surface area contributed by atoms with E-state index in [1.54, 1.807) is 25.6 Å². The molecule has 0 bridgehead atoms. The third-order valence-electron chi connectivity index (χ3n) is 5.62. The fourth-order valence-electron chi connectivity index (χ4n) is 3.95. The van der Waals surface area contributed by atoms with Crippen molar-refractivity contribution in [2.45, 2.75) is 13.8 Å². The molecule has 0 fully saturated rings. The lowest BCUT2D eigenvalue weighted by Gasteiger charge is -2.11. The maximum absolute atomic E-state index is 8.95. The van der Waals surface area contributed by atoms with Gasteiger partial charge in [0.2, 0.25) is 0 Å². The second-order valence-corrected chi connectivity index (χ2v) is 7.81. The normalized spacial score (nSPS) is 10.8. The molecule has 5 rings (SSSR count). The van der Waals surface area contributed by atoms with Crippen molar-refractivity contribution in [3.05, 3.63) is 78.4 Å². The molecule has 5 aromatic rings. The van der Waals surface area contributed by atoms with Gasteiger partial charge in [-0.3, -0.25) is 4.98 Å². The summed E-state index contributed by atoms with van der Waals surface area (Å²) in [5.74, 6) is 1.35. The van der Waals surface area contributed by atoms with Gasteiger partial charge in [-0.2, -0.15) is 10.4 Å². The van der Waals surface area contributed by atoms with Crippen molar-refractivity contribution in [3.63, 3.8) is 0 Å². The molecule has 172 valence electrons. The quantitative estimate of drug-likeness (QED) is 0.346. The molecule has 0 aliphatic carbocycles. The number of aryl methyl sites for hydroxylation is 1. The molecule has 0 spiro atoms. The number of hydrogen-bond donors (Lipinski definition) is 0. The van der Waals surface area contributed by atoms with Gasteiger partial charge in [0, 0.05) is 29.1 Å². The highest BCUT2D eigenvalue weighted by atomic mass is 16.5. The lowest BCUT2D eigenvalue weighted by molar-refractivity contribution is 0.311. The van der Waals surface area contributed by atoms with E-state index in [0.29, 0.717) is 23.8 Å². The number of nitrogens with zero attached hydrogens (tertiary/aromatic N) is 6. The average Bonchev–Trinajstić information content (AvgIpc) is 3.24. The number of fused-ring (bicyclic) bond motifs is 1. The lowest BCUT2D eigenvalue weighted by atomic mass is 10.1. The molecule has 0 saturated carbocycles. The SMILES string of the molecule is CCOc1ccc(-c2ccc3nc(C)c(-c4ccc(-c5ccc(C#N)nc5)nc4)n3n2)cc1OC.